The molecule has 0 aromatic carbocycles. The summed E-state index contributed by atoms with van der Waals surface area (Å²) in [6.45, 7) is 4.80. The van der Waals surface area contributed by atoms with Crippen molar-refractivity contribution in [3.63, 3.8) is 0 Å². The summed E-state index contributed by atoms with van der Waals surface area (Å²) in [5, 5.41) is 3.04. The van der Waals surface area contributed by atoms with Crippen LogP contribution in [0.25, 0.3) is 0 Å². The third kappa shape index (κ3) is 3.42. The summed E-state index contributed by atoms with van der Waals surface area (Å²) in [5.41, 5.74) is 1.03. The highest BCUT2D eigenvalue weighted by Crippen LogP contribution is 2.10. The summed E-state index contributed by atoms with van der Waals surface area (Å²) in [5.74, 6) is 0.829. The van der Waals surface area contributed by atoms with Crippen LogP contribution in [0, 0.1) is 0 Å². The summed E-state index contributed by atoms with van der Waals surface area (Å²) < 4.78 is 5.46. The smallest absolute Gasteiger partial charge is 0.137 e. The molecule has 0 radical (unpaired) electrons. The first-order valence-corrected chi connectivity index (χ1v) is 4.48. The lowest BCUT2D eigenvalue weighted by Gasteiger charge is -2.09. The van der Waals surface area contributed by atoms with Crippen LogP contribution in [0.1, 0.15) is 19.5 Å². The first kappa shape index (κ1) is 9.99. The monoisotopic (exact) mass is 180 g/mol. The molecule has 1 aromatic heterocycles. The molecule has 0 unspecified atom stereocenters. The van der Waals surface area contributed by atoms with E-state index in [-0.39, 0.29) is 6.10 Å². The fourth-order valence-electron chi connectivity index (χ4n) is 1.04. The van der Waals surface area contributed by atoms with Crippen LogP contribution in [0.2, 0.25) is 0 Å². The maximum absolute atomic E-state index is 5.46. The van der Waals surface area contributed by atoms with Gasteiger partial charge in [0.15, 0.2) is 0 Å². The Hall–Kier alpha value is -1.09. The minimum atomic E-state index is 0.206. The molecule has 0 saturated carbocycles. The van der Waals surface area contributed by atoms with Crippen LogP contribution in [-0.2, 0) is 6.54 Å². The van der Waals surface area contributed by atoms with Crippen molar-refractivity contribution in [3.8, 4) is 5.75 Å². The average Bonchev–Trinajstić information content (AvgIpc) is 2.08. The number of pyridine rings is 1. The van der Waals surface area contributed by atoms with Crippen LogP contribution in [0.4, 0.5) is 0 Å². The second kappa shape index (κ2) is 4.82. The molecule has 1 aromatic rings. The van der Waals surface area contributed by atoms with E-state index in [1.807, 2.05) is 33.0 Å². The van der Waals surface area contributed by atoms with Gasteiger partial charge in [0.05, 0.1) is 18.0 Å². The summed E-state index contributed by atoms with van der Waals surface area (Å²) in [7, 11) is 1.90. The molecule has 0 aliphatic heterocycles. The van der Waals surface area contributed by atoms with Crippen LogP contribution < -0.4 is 10.1 Å². The predicted molar refractivity (Wildman–Crippen MR) is 52.8 cm³/mol. The molecule has 72 valence electrons. The molecule has 0 bridgehead atoms. The minimum Gasteiger partial charge on any atom is -0.489 e. The highest BCUT2D eigenvalue weighted by Gasteiger charge is 1.97. The normalized spacial score (nSPS) is 10.5. The second-order valence-electron chi connectivity index (χ2n) is 3.18. The molecule has 13 heavy (non-hydrogen) atoms. The molecule has 0 saturated heterocycles. The van der Waals surface area contributed by atoms with Gasteiger partial charge in [0.1, 0.15) is 5.75 Å². The van der Waals surface area contributed by atoms with Gasteiger partial charge in [0.25, 0.3) is 0 Å². The van der Waals surface area contributed by atoms with Crippen LogP contribution in [0.15, 0.2) is 18.3 Å². The molecule has 0 aliphatic carbocycles. The molecule has 0 atom stereocenters. The highest BCUT2D eigenvalue weighted by molar-refractivity contribution is 5.19. The van der Waals surface area contributed by atoms with Crippen LogP contribution >= 0.6 is 0 Å². The molecule has 0 amide bonds. The van der Waals surface area contributed by atoms with Gasteiger partial charge in [0, 0.05) is 6.54 Å². The Bertz CT molecular complexity index is 244. The summed E-state index contributed by atoms with van der Waals surface area (Å²) >= 11 is 0. The molecule has 1 heterocycles. The van der Waals surface area contributed by atoms with Gasteiger partial charge in [-0.05, 0) is 33.0 Å². The fourth-order valence-corrected chi connectivity index (χ4v) is 1.04. The molecule has 0 aliphatic rings. The Morgan fingerprint density at radius 3 is 2.69 bits per heavy atom. The van der Waals surface area contributed by atoms with Gasteiger partial charge in [-0.1, -0.05) is 0 Å². The van der Waals surface area contributed by atoms with Gasteiger partial charge >= 0.3 is 0 Å². The van der Waals surface area contributed by atoms with E-state index in [9.17, 15) is 0 Å². The van der Waals surface area contributed by atoms with Gasteiger partial charge < -0.3 is 10.1 Å². The maximum atomic E-state index is 5.46. The molecule has 1 rings (SSSR count). The summed E-state index contributed by atoms with van der Waals surface area (Å²) in [6.07, 6.45) is 1.96. The van der Waals surface area contributed by atoms with Gasteiger partial charge in [-0.3, -0.25) is 4.98 Å². The highest BCUT2D eigenvalue weighted by atomic mass is 16.5. The number of nitrogens with one attached hydrogen (secondary N) is 1. The average molecular weight is 180 g/mol. The van der Waals surface area contributed by atoms with E-state index < -0.39 is 0 Å². The summed E-state index contributed by atoms with van der Waals surface area (Å²) in [4.78, 5) is 4.23. The number of rotatable bonds is 4. The van der Waals surface area contributed by atoms with Crippen molar-refractivity contribution >= 4 is 0 Å². The second-order valence-corrected chi connectivity index (χ2v) is 3.18. The first-order valence-electron chi connectivity index (χ1n) is 4.48. The predicted octanol–water partition coefficient (Wildman–Crippen LogP) is 1.59. The van der Waals surface area contributed by atoms with E-state index in [0.29, 0.717) is 0 Å². The lowest BCUT2D eigenvalue weighted by molar-refractivity contribution is 0.241. The lowest BCUT2D eigenvalue weighted by atomic mass is 10.3. The standard InChI is InChI=1S/C10H16N2O/c1-8(2)13-10-5-4-9(6-11-3)12-7-10/h4-5,7-8,11H,6H2,1-3H3. The van der Waals surface area contributed by atoms with Crippen molar-refractivity contribution in [1.29, 1.82) is 0 Å². The Balaban J connectivity index is 2.59. The Morgan fingerprint density at radius 1 is 1.46 bits per heavy atom. The Morgan fingerprint density at radius 2 is 2.23 bits per heavy atom. The van der Waals surface area contributed by atoms with Crippen LogP contribution in [0.5, 0.6) is 5.75 Å². The zero-order chi connectivity index (χ0) is 9.68. The van der Waals surface area contributed by atoms with Crippen molar-refractivity contribution in [2.75, 3.05) is 7.05 Å². The molecular formula is C10H16N2O. The first-order chi connectivity index (χ1) is 6.22. The zero-order valence-corrected chi connectivity index (χ0v) is 8.37. The number of aromatic nitrogens is 1. The Labute approximate surface area is 79.1 Å². The van der Waals surface area contributed by atoms with E-state index in [4.69, 9.17) is 4.74 Å². The third-order valence-corrected chi connectivity index (χ3v) is 1.53. The number of nitrogens with zero attached hydrogens (tertiary/aromatic N) is 1. The van der Waals surface area contributed by atoms with E-state index in [2.05, 4.69) is 10.3 Å². The topological polar surface area (TPSA) is 34.1 Å². The van der Waals surface area contributed by atoms with Crippen molar-refractivity contribution in [1.82, 2.24) is 10.3 Å². The van der Waals surface area contributed by atoms with Gasteiger partial charge in [-0.25, -0.2) is 0 Å². The largest absolute Gasteiger partial charge is 0.489 e. The van der Waals surface area contributed by atoms with Crippen molar-refractivity contribution < 1.29 is 4.74 Å². The third-order valence-electron chi connectivity index (χ3n) is 1.53. The van der Waals surface area contributed by atoms with E-state index in [1.54, 1.807) is 6.20 Å². The van der Waals surface area contributed by atoms with Gasteiger partial charge in [-0.15, -0.1) is 0 Å². The van der Waals surface area contributed by atoms with Crippen molar-refractivity contribution in [2.24, 2.45) is 0 Å². The van der Waals surface area contributed by atoms with Gasteiger partial charge in [0.2, 0.25) is 0 Å². The van der Waals surface area contributed by atoms with Crippen molar-refractivity contribution in [2.45, 2.75) is 26.5 Å². The van der Waals surface area contributed by atoms with E-state index in [0.717, 1.165) is 18.0 Å². The van der Waals surface area contributed by atoms with Gasteiger partial charge in [-0.2, -0.15) is 0 Å². The molecule has 3 heteroatoms. The molecule has 0 fully saturated rings. The molecule has 3 nitrogen and oxygen atoms in total. The molecule has 1 N–H and O–H groups in total. The quantitative estimate of drug-likeness (QED) is 0.764. The number of ether oxygens (including phenoxy) is 1. The number of hydrogen-bond donors (Lipinski definition) is 1. The summed E-state index contributed by atoms with van der Waals surface area (Å²) in [6, 6.07) is 3.91. The molecular weight excluding hydrogens is 164 g/mol. The van der Waals surface area contributed by atoms with Crippen LogP contribution in [0.3, 0.4) is 0 Å². The number of hydrogen-bond acceptors (Lipinski definition) is 3. The minimum absolute atomic E-state index is 0.206. The van der Waals surface area contributed by atoms with Crippen LogP contribution in [-0.4, -0.2) is 18.1 Å². The van der Waals surface area contributed by atoms with E-state index in [1.165, 1.54) is 0 Å². The zero-order valence-electron chi connectivity index (χ0n) is 8.37. The Kier molecular flexibility index (Phi) is 3.71. The lowest BCUT2D eigenvalue weighted by Crippen LogP contribution is -2.08. The fraction of sp³-hybridized carbons (Fsp3) is 0.500. The SMILES string of the molecule is CNCc1ccc(OC(C)C)cn1. The van der Waals surface area contributed by atoms with E-state index >= 15 is 0 Å². The van der Waals surface area contributed by atoms with Crippen molar-refractivity contribution in [3.05, 3.63) is 24.0 Å². The maximum Gasteiger partial charge on any atom is 0.137 e. The molecule has 0 spiro atoms.